The number of hydrogen-bond donors (Lipinski definition) is 1. The van der Waals surface area contributed by atoms with Gasteiger partial charge in [-0.2, -0.15) is 0 Å². The second kappa shape index (κ2) is 8.60. The van der Waals surface area contributed by atoms with Crippen molar-refractivity contribution in [1.82, 2.24) is 14.5 Å². The van der Waals surface area contributed by atoms with Crippen molar-refractivity contribution in [2.24, 2.45) is 0 Å². The molecule has 31 heavy (non-hydrogen) atoms. The molecule has 1 aliphatic carbocycles. The maximum absolute atomic E-state index is 4.89. The number of benzene rings is 2. The molecule has 0 fully saturated rings. The van der Waals surface area contributed by atoms with Gasteiger partial charge in [0.2, 0.25) is 0 Å². The first-order valence-corrected chi connectivity index (χ1v) is 10.9. The van der Waals surface area contributed by atoms with Gasteiger partial charge < -0.3 is 9.88 Å². The van der Waals surface area contributed by atoms with Crippen LogP contribution in [0.5, 0.6) is 0 Å². The quantitative estimate of drug-likeness (QED) is 0.531. The molecule has 2 aliphatic rings. The van der Waals surface area contributed by atoms with Crippen LogP contribution in [0.4, 0.5) is 5.69 Å². The Morgan fingerprint density at radius 1 is 0.935 bits per heavy atom. The van der Waals surface area contributed by atoms with Gasteiger partial charge in [0, 0.05) is 59.4 Å². The molecule has 0 atom stereocenters. The van der Waals surface area contributed by atoms with Gasteiger partial charge >= 0.3 is 0 Å². The Labute approximate surface area is 183 Å². The minimum absolute atomic E-state index is 0.849. The molecule has 0 saturated heterocycles. The average molecular weight is 407 g/mol. The highest BCUT2D eigenvalue weighted by Crippen LogP contribution is 2.37. The third kappa shape index (κ3) is 4.02. The van der Waals surface area contributed by atoms with Crippen LogP contribution in [0.1, 0.15) is 31.2 Å². The van der Waals surface area contributed by atoms with E-state index in [4.69, 9.17) is 4.98 Å². The molecular formula is C27H26N4. The number of aromatic nitrogens is 3. The van der Waals surface area contributed by atoms with Crippen molar-refractivity contribution < 1.29 is 0 Å². The lowest BCUT2D eigenvalue weighted by Gasteiger charge is -2.21. The molecule has 3 aromatic rings. The summed E-state index contributed by atoms with van der Waals surface area (Å²) in [7, 11) is 0. The van der Waals surface area contributed by atoms with Crippen LogP contribution in [0.3, 0.4) is 0 Å². The smallest absolute Gasteiger partial charge is 0.0948 e. The predicted octanol–water partition coefficient (Wildman–Crippen LogP) is 6.63. The Morgan fingerprint density at radius 3 is 2.68 bits per heavy atom. The van der Waals surface area contributed by atoms with Crippen LogP contribution in [-0.4, -0.2) is 14.5 Å². The molecule has 1 aliphatic heterocycles. The second-order valence-electron chi connectivity index (χ2n) is 8.03. The zero-order chi connectivity index (χ0) is 21.0. The lowest BCUT2D eigenvalue weighted by atomic mass is 9.99. The Hall–Kier alpha value is -3.66. The van der Waals surface area contributed by atoms with Crippen LogP contribution in [0.2, 0.25) is 0 Å². The van der Waals surface area contributed by atoms with Crippen LogP contribution >= 0.6 is 0 Å². The molecule has 1 aromatic heterocycles. The van der Waals surface area contributed by atoms with Gasteiger partial charge in [0.25, 0.3) is 0 Å². The Balaban J connectivity index is 1.84. The van der Waals surface area contributed by atoms with Crippen LogP contribution in [0.15, 0.2) is 91.7 Å². The molecule has 0 radical (unpaired) electrons. The SMILES string of the molecule is C=C1Cc2cc(-c3c(-c4ccccc4)nccnccn3C3=CCCCC3)ccc2N1. The summed E-state index contributed by atoms with van der Waals surface area (Å²) in [6.45, 7) is 4.11. The topological polar surface area (TPSA) is 42.7 Å². The Bertz CT molecular complexity index is 1200. The number of nitrogens with one attached hydrogen (secondary N) is 1. The van der Waals surface area contributed by atoms with E-state index in [1.807, 2.05) is 12.3 Å². The third-order valence-electron chi connectivity index (χ3n) is 5.84. The molecule has 4 nitrogen and oxygen atoms in total. The summed E-state index contributed by atoms with van der Waals surface area (Å²) in [5.74, 6) is 0. The van der Waals surface area contributed by atoms with E-state index in [2.05, 4.69) is 76.2 Å². The summed E-state index contributed by atoms with van der Waals surface area (Å²) < 4.78 is 2.29. The number of hydrogen-bond acceptors (Lipinski definition) is 3. The highest BCUT2D eigenvalue weighted by atomic mass is 15.0. The van der Waals surface area contributed by atoms with Crippen LogP contribution in [-0.2, 0) is 6.42 Å². The standard InChI is InChI=1S/C27H26N4/c1-20-18-23-19-22(12-13-25(23)30-20)27-26(21-8-4-2-5-9-21)29-15-14-28-16-17-31(27)24-10-6-3-7-11-24/h2,4-5,8-10,12-17,19,30H,1,3,6-7,11,18H2. The molecule has 0 unspecified atom stereocenters. The van der Waals surface area contributed by atoms with E-state index < -0.39 is 0 Å². The van der Waals surface area contributed by atoms with Crippen molar-refractivity contribution in [2.45, 2.75) is 32.1 Å². The molecule has 0 spiro atoms. The van der Waals surface area contributed by atoms with E-state index in [9.17, 15) is 0 Å². The molecular weight excluding hydrogens is 380 g/mol. The highest BCUT2D eigenvalue weighted by Gasteiger charge is 2.19. The largest absolute Gasteiger partial charge is 0.359 e. The average Bonchev–Trinajstić information content (AvgIpc) is 3.23. The summed E-state index contributed by atoms with van der Waals surface area (Å²) in [5, 5.41) is 3.38. The predicted molar refractivity (Wildman–Crippen MR) is 128 cm³/mol. The fourth-order valence-corrected chi connectivity index (χ4v) is 4.39. The number of anilines is 1. The minimum Gasteiger partial charge on any atom is -0.359 e. The van der Waals surface area contributed by atoms with Crippen molar-refractivity contribution in [2.75, 3.05) is 5.32 Å². The maximum Gasteiger partial charge on any atom is 0.0948 e. The van der Waals surface area contributed by atoms with Gasteiger partial charge in [-0.1, -0.05) is 49.1 Å². The van der Waals surface area contributed by atoms with Crippen molar-refractivity contribution >= 4 is 11.4 Å². The number of allylic oxidation sites excluding steroid dienone is 3. The third-order valence-corrected chi connectivity index (χ3v) is 5.84. The highest BCUT2D eigenvalue weighted by molar-refractivity contribution is 5.82. The van der Waals surface area contributed by atoms with Gasteiger partial charge in [-0.05, 0) is 43.4 Å². The van der Waals surface area contributed by atoms with Gasteiger partial charge in [0.05, 0.1) is 11.4 Å². The van der Waals surface area contributed by atoms with Gasteiger partial charge in [-0.3, -0.25) is 9.97 Å². The summed E-state index contributed by atoms with van der Waals surface area (Å²) in [6.07, 6.45) is 15.3. The van der Waals surface area contributed by atoms with Crippen LogP contribution in [0, 0.1) is 0 Å². The van der Waals surface area contributed by atoms with Crippen molar-refractivity contribution in [3.8, 4) is 22.5 Å². The van der Waals surface area contributed by atoms with E-state index >= 15 is 0 Å². The fraction of sp³-hybridized carbons (Fsp3) is 0.185. The van der Waals surface area contributed by atoms with E-state index in [-0.39, 0.29) is 0 Å². The van der Waals surface area contributed by atoms with E-state index in [0.717, 1.165) is 53.2 Å². The van der Waals surface area contributed by atoms with E-state index in [1.165, 1.54) is 24.1 Å². The van der Waals surface area contributed by atoms with Gasteiger partial charge in [-0.15, -0.1) is 0 Å². The Kier molecular flexibility index (Phi) is 5.36. The first kappa shape index (κ1) is 19.3. The monoisotopic (exact) mass is 406 g/mol. The molecule has 154 valence electrons. The molecule has 0 amide bonds. The number of nitrogens with zero attached hydrogens (tertiary/aromatic N) is 3. The number of fused-ring (bicyclic) bond motifs is 1. The lowest BCUT2D eigenvalue weighted by molar-refractivity contribution is 0.717. The molecule has 1 N–H and O–H groups in total. The number of rotatable bonds is 3. The second-order valence-corrected chi connectivity index (χ2v) is 8.03. The normalized spacial score (nSPS) is 15.0. The summed E-state index contributed by atoms with van der Waals surface area (Å²) in [6, 6.07) is 17.0. The molecule has 2 aromatic carbocycles. The zero-order valence-corrected chi connectivity index (χ0v) is 17.6. The zero-order valence-electron chi connectivity index (χ0n) is 17.6. The van der Waals surface area contributed by atoms with Crippen molar-refractivity contribution in [3.63, 3.8) is 0 Å². The Morgan fingerprint density at radius 2 is 1.84 bits per heavy atom. The molecule has 2 heterocycles. The van der Waals surface area contributed by atoms with Gasteiger partial charge in [0.15, 0.2) is 0 Å². The van der Waals surface area contributed by atoms with E-state index in [0.29, 0.717) is 0 Å². The molecule has 5 rings (SSSR count). The van der Waals surface area contributed by atoms with Gasteiger partial charge in [0.1, 0.15) is 0 Å². The summed E-state index contributed by atoms with van der Waals surface area (Å²) in [5.41, 5.74) is 9.01. The van der Waals surface area contributed by atoms with Crippen molar-refractivity contribution in [1.29, 1.82) is 0 Å². The first-order chi connectivity index (χ1) is 15.3. The fourth-order valence-electron chi connectivity index (χ4n) is 4.39. The minimum atomic E-state index is 0.849. The molecule has 0 bridgehead atoms. The summed E-state index contributed by atoms with van der Waals surface area (Å²) >= 11 is 0. The van der Waals surface area contributed by atoms with Gasteiger partial charge in [-0.25, -0.2) is 0 Å². The molecule has 0 saturated carbocycles. The van der Waals surface area contributed by atoms with Crippen LogP contribution in [0.25, 0.3) is 28.2 Å². The van der Waals surface area contributed by atoms with Crippen LogP contribution < -0.4 is 5.32 Å². The maximum atomic E-state index is 4.89. The van der Waals surface area contributed by atoms with E-state index in [1.54, 1.807) is 12.4 Å². The van der Waals surface area contributed by atoms with Crippen molar-refractivity contribution in [3.05, 3.63) is 97.2 Å². The lowest BCUT2D eigenvalue weighted by Crippen LogP contribution is -2.06. The first-order valence-electron chi connectivity index (χ1n) is 10.9. The molecule has 4 heteroatoms. The summed E-state index contributed by atoms with van der Waals surface area (Å²) in [4.78, 5) is 9.28.